The number of carbonyl (C=O) groups is 1. The summed E-state index contributed by atoms with van der Waals surface area (Å²) in [5.74, 6) is -0.918. The Labute approximate surface area is 100 Å². The minimum absolute atomic E-state index is 0.259. The Morgan fingerprint density at radius 1 is 1.35 bits per heavy atom. The zero-order valence-corrected chi connectivity index (χ0v) is 9.26. The fraction of sp³-hybridized carbons (Fsp3) is 0.364. The van der Waals surface area contributed by atoms with E-state index in [1.165, 1.54) is 18.2 Å². The van der Waals surface area contributed by atoms with Crippen molar-refractivity contribution in [3.63, 3.8) is 0 Å². The quantitative estimate of drug-likeness (QED) is 0.782. The van der Waals surface area contributed by atoms with E-state index >= 15 is 0 Å². The van der Waals surface area contributed by atoms with Crippen LogP contribution in [0.5, 0.6) is 5.75 Å². The number of benzene rings is 1. The molecule has 0 aliphatic heterocycles. The molecule has 0 saturated heterocycles. The van der Waals surface area contributed by atoms with Gasteiger partial charge >= 0.3 is 6.36 Å². The van der Waals surface area contributed by atoms with Crippen molar-refractivity contribution >= 4 is 16.8 Å². The summed E-state index contributed by atoms with van der Waals surface area (Å²) in [6, 6.07) is 5.81. The van der Waals surface area contributed by atoms with Crippen molar-refractivity contribution in [1.29, 1.82) is 0 Å². The molecule has 92 valence electrons. The topological polar surface area (TPSA) is 26.3 Å². The second-order valence-electron chi connectivity index (χ2n) is 3.84. The Morgan fingerprint density at radius 2 is 2.00 bits per heavy atom. The van der Waals surface area contributed by atoms with Crippen LogP contribution in [0.4, 0.5) is 13.2 Å². The number of ether oxygens (including phenoxy) is 1. The highest BCUT2D eigenvalue weighted by Crippen LogP contribution is 2.51. The highest BCUT2D eigenvalue weighted by atomic mass is 35.5. The van der Waals surface area contributed by atoms with Crippen molar-refractivity contribution in [3.8, 4) is 5.75 Å². The molecule has 0 spiro atoms. The molecule has 0 bridgehead atoms. The molecule has 2 rings (SSSR count). The van der Waals surface area contributed by atoms with E-state index < -0.39 is 17.5 Å². The van der Waals surface area contributed by atoms with Gasteiger partial charge in [0.1, 0.15) is 5.75 Å². The lowest BCUT2D eigenvalue weighted by Gasteiger charge is -2.12. The summed E-state index contributed by atoms with van der Waals surface area (Å²) in [6.07, 6.45) is -4.26. The first-order valence-corrected chi connectivity index (χ1v) is 5.30. The predicted octanol–water partition coefficient (Wildman–Crippen LogP) is 3.45. The highest BCUT2D eigenvalue weighted by molar-refractivity contribution is 6.64. The van der Waals surface area contributed by atoms with Crippen LogP contribution < -0.4 is 4.74 Å². The Morgan fingerprint density at radius 3 is 2.53 bits per heavy atom. The first-order chi connectivity index (χ1) is 7.88. The van der Waals surface area contributed by atoms with Gasteiger partial charge in [-0.05, 0) is 35.6 Å². The van der Waals surface area contributed by atoms with E-state index in [1.54, 1.807) is 6.07 Å². The van der Waals surface area contributed by atoms with Crippen LogP contribution in [0.15, 0.2) is 24.3 Å². The van der Waals surface area contributed by atoms with Crippen molar-refractivity contribution in [2.45, 2.75) is 18.7 Å². The number of rotatable bonds is 3. The van der Waals surface area contributed by atoms with Crippen molar-refractivity contribution < 1.29 is 22.7 Å². The summed E-state index contributed by atoms with van der Waals surface area (Å²) in [6.45, 7) is 0. The molecule has 2 nitrogen and oxygen atoms in total. The van der Waals surface area contributed by atoms with Gasteiger partial charge in [-0.3, -0.25) is 4.79 Å². The van der Waals surface area contributed by atoms with Crippen LogP contribution >= 0.6 is 11.6 Å². The molecule has 0 aromatic heterocycles. The molecule has 1 saturated carbocycles. The number of para-hydroxylation sites is 1. The largest absolute Gasteiger partial charge is 0.573 e. The molecule has 1 aromatic carbocycles. The molecule has 0 N–H and O–H groups in total. The van der Waals surface area contributed by atoms with E-state index in [2.05, 4.69) is 4.74 Å². The predicted molar refractivity (Wildman–Crippen MR) is 54.8 cm³/mol. The Kier molecular flexibility index (Phi) is 3.03. The third-order valence-corrected chi connectivity index (χ3v) is 2.91. The molecule has 1 aliphatic carbocycles. The molecule has 2 atom stereocenters. The van der Waals surface area contributed by atoms with Crippen molar-refractivity contribution in [1.82, 2.24) is 0 Å². The lowest BCUT2D eigenvalue weighted by Crippen LogP contribution is -2.18. The zero-order chi connectivity index (χ0) is 12.6. The minimum Gasteiger partial charge on any atom is -0.405 e. The fourth-order valence-electron chi connectivity index (χ4n) is 1.79. The van der Waals surface area contributed by atoms with Crippen LogP contribution in [0.3, 0.4) is 0 Å². The van der Waals surface area contributed by atoms with Gasteiger partial charge in [-0.15, -0.1) is 13.2 Å². The standard InChI is InChI=1S/C11H8ClF3O2/c12-10(16)8-5-7(8)6-3-1-2-4-9(6)17-11(13,14)15/h1-4,7-8H,5H2/t7-,8+/m0/s1. The molecule has 0 radical (unpaired) electrons. The van der Waals surface area contributed by atoms with E-state index in [0.717, 1.165) is 0 Å². The first kappa shape index (κ1) is 12.2. The van der Waals surface area contributed by atoms with E-state index in [9.17, 15) is 18.0 Å². The van der Waals surface area contributed by atoms with Crippen LogP contribution in [-0.2, 0) is 4.79 Å². The maximum Gasteiger partial charge on any atom is 0.573 e. The lowest BCUT2D eigenvalue weighted by atomic mass is 10.1. The van der Waals surface area contributed by atoms with Crippen molar-refractivity contribution in [2.75, 3.05) is 0 Å². The monoisotopic (exact) mass is 264 g/mol. The van der Waals surface area contributed by atoms with Crippen molar-refractivity contribution in [3.05, 3.63) is 29.8 Å². The molecule has 0 heterocycles. The Bertz CT molecular complexity index is 445. The van der Waals surface area contributed by atoms with Gasteiger partial charge in [0.05, 0.1) is 0 Å². The first-order valence-electron chi connectivity index (χ1n) is 4.92. The average molecular weight is 265 g/mol. The van der Waals surface area contributed by atoms with E-state index in [1.807, 2.05) is 0 Å². The summed E-state index contributed by atoms with van der Waals surface area (Å²) >= 11 is 5.30. The molecule has 1 fully saturated rings. The molecule has 6 heteroatoms. The lowest BCUT2D eigenvalue weighted by molar-refractivity contribution is -0.274. The molecular formula is C11H8ClF3O2. The number of hydrogen-bond donors (Lipinski definition) is 0. The molecule has 1 aliphatic rings. The molecule has 0 amide bonds. The smallest absolute Gasteiger partial charge is 0.405 e. The van der Waals surface area contributed by atoms with Crippen LogP contribution in [0, 0.1) is 5.92 Å². The third-order valence-electron chi connectivity index (χ3n) is 2.63. The van der Waals surface area contributed by atoms with Gasteiger partial charge in [0.2, 0.25) is 5.24 Å². The summed E-state index contributed by atoms with van der Waals surface area (Å²) in [5, 5.41) is -0.517. The maximum absolute atomic E-state index is 12.1. The van der Waals surface area contributed by atoms with E-state index in [-0.39, 0.29) is 11.7 Å². The Hall–Kier alpha value is -1.23. The normalized spacial score (nSPS) is 23.3. The average Bonchev–Trinajstić information content (AvgIpc) is 2.95. The van der Waals surface area contributed by atoms with Gasteiger partial charge in [0.15, 0.2) is 0 Å². The summed E-state index contributed by atoms with van der Waals surface area (Å²) in [7, 11) is 0. The van der Waals surface area contributed by atoms with Crippen LogP contribution in [0.25, 0.3) is 0 Å². The second kappa shape index (κ2) is 4.22. The molecule has 1 aromatic rings. The van der Waals surface area contributed by atoms with Gasteiger partial charge in [-0.2, -0.15) is 0 Å². The summed E-state index contributed by atoms with van der Waals surface area (Å²) in [4.78, 5) is 10.9. The van der Waals surface area contributed by atoms with Gasteiger partial charge in [-0.1, -0.05) is 18.2 Å². The molecular weight excluding hydrogens is 257 g/mol. The number of hydrogen-bond acceptors (Lipinski definition) is 2. The number of halogens is 4. The van der Waals surface area contributed by atoms with E-state index in [4.69, 9.17) is 11.6 Å². The SMILES string of the molecule is O=C(Cl)[C@@H]1C[C@H]1c1ccccc1OC(F)(F)F. The number of alkyl halides is 3. The molecule has 17 heavy (non-hydrogen) atoms. The maximum atomic E-state index is 12.1. The molecule has 0 unspecified atom stereocenters. The second-order valence-corrected chi connectivity index (χ2v) is 4.21. The Balaban J connectivity index is 2.21. The van der Waals surface area contributed by atoms with Gasteiger partial charge in [0, 0.05) is 5.92 Å². The third kappa shape index (κ3) is 2.91. The highest BCUT2D eigenvalue weighted by Gasteiger charge is 2.45. The van der Waals surface area contributed by atoms with Crippen LogP contribution in [-0.4, -0.2) is 11.6 Å². The van der Waals surface area contributed by atoms with Crippen molar-refractivity contribution in [2.24, 2.45) is 5.92 Å². The fourth-order valence-corrected chi connectivity index (χ4v) is 2.04. The van der Waals surface area contributed by atoms with E-state index in [0.29, 0.717) is 12.0 Å². The van der Waals surface area contributed by atoms with Gasteiger partial charge < -0.3 is 4.74 Å². The van der Waals surface area contributed by atoms with Gasteiger partial charge in [0.25, 0.3) is 0 Å². The summed E-state index contributed by atoms with van der Waals surface area (Å²) in [5.41, 5.74) is 0.379. The van der Waals surface area contributed by atoms with Crippen LogP contribution in [0.1, 0.15) is 17.9 Å². The minimum atomic E-state index is -4.73. The zero-order valence-electron chi connectivity index (χ0n) is 8.50. The number of carbonyl (C=O) groups excluding carboxylic acids is 1. The van der Waals surface area contributed by atoms with Crippen LogP contribution in [0.2, 0.25) is 0 Å². The van der Waals surface area contributed by atoms with Gasteiger partial charge in [-0.25, -0.2) is 0 Å². The summed E-state index contributed by atoms with van der Waals surface area (Å²) < 4.78 is 40.3.